The number of aliphatic hydroxyl groups excluding tert-OH is 1. The lowest BCUT2D eigenvalue weighted by atomic mass is 9.48. The molecule has 0 spiro atoms. The van der Waals surface area contributed by atoms with E-state index < -0.39 is 15.5 Å². The summed E-state index contributed by atoms with van der Waals surface area (Å²) in [6.07, 6.45) is 6.84. The van der Waals surface area contributed by atoms with Gasteiger partial charge in [0, 0.05) is 11.5 Å². The highest BCUT2D eigenvalue weighted by Crippen LogP contribution is 2.60. The second-order valence-electron chi connectivity index (χ2n) is 8.24. The number of nitrogens with one attached hydrogen (secondary N) is 1. The number of nitro groups is 2. The molecular weight excluding hydrogens is 352 g/mol. The molecule has 9 nitrogen and oxygen atoms in total. The summed E-state index contributed by atoms with van der Waals surface area (Å²) in [5, 5.41) is 36.5. The zero-order chi connectivity index (χ0) is 19.2. The van der Waals surface area contributed by atoms with Crippen LogP contribution in [0.2, 0.25) is 0 Å². The fraction of sp³-hybridized carbons (Fsp3) is 0.611. The van der Waals surface area contributed by atoms with Crippen LogP contribution in [-0.4, -0.2) is 27.3 Å². The lowest BCUT2D eigenvalue weighted by molar-refractivity contribution is -0.393. The Labute approximate surface area is 155 Å². The SMILES string of the molecule is O=[N+]([O-])c1ccc(N/N=C(\CO)C23CC4CC(CC(C4)C2)C3)c([N+](=O)[O-])c1. The quantitative estimate of drug-likeness (QED) is 0.445. The van der Waals surface area contributed by atoms with E-state index in [2.05, 4.69) is 10.5 Å². The van der Waals surface area contributed by atoms with Crippen molar-refractivity contribution in [1.82, 2.24) is 0 Å². The summed E-state index contributed by atoms with van der Waals surface area (Å²) in [6, 6.07) is 3.41. The highest BCUT2D eigenvalue weighted by molar-refractivity contribution is 5.92. The molecule has 4 saturated carbocycles. The summed E-state index contributed by atoms with van der Waals surface area (Å²) in [5.74, 6) is 2.05. The van der Waals surface area contributed by atoms with E-state index in [1.54, 1.807) is 0 Å². The van der Waals surface area contributed by atoms with Crippen molar-refractivity contribution in [3.8, 4) is 0 Å². The minimum Gasteiger partial charge on any atom is -0.390 e. The Morgan fingerprint density at radius 3 is 2.19 bits per heavy atom. The number of hydrogen-bond donors (Lipinski definition) is 2. The molecule has 1 aromatic carbocycles. The van der Waals surface area contributed by atoms with Gasteiger partial charge in [0.25, 0.3) is 5.69 Å². The largest absolute Gasteiger partial charge is 0.390 e. The first-order valence-corrected chi connectivity index (χ1v) is 9.27. The molecule has 0 amide bonds. The number of rotatable bonds is 6. The van der Waals surface area contributed by atoms with Crippen molar-refractivity contribution >= 4 is 22.8 Å². The molecule has 0 aliphatic heterocycles. The standard InChI is InChI=1S/C18H22N4O5/c23-10-17(18-7-11-3-12(8-18)5-13(4-11)9-18)20-19-15-2-1-14(21(24)25)6-16(15)22(26)27/h1-2,6,11-13,19,23H,3-5,7-10H2/b20-17+. The summed E-state index contributed by atoms with van der Waals surface area (Å²) >= 11 is 0. The van der Waals surface area contributed by atoms with Crippen LogP contribution in [0.5, 0.6) is 0 Å². The molecule has 2 N–H and O–H groups in total. The van der Waals surface area contributed by atoms with Gasteiger partial charge in [0.05, 0.1) is 28.2 Å². The molecule has 27 heavy (non-hydrogen) atoms. The maximum Gasteiger partial charge on any atom is 0.301 e. The van der Waals surface area contributed by atoms with E-state index in [1.165, 1.54) is 31.4 Å². The Balaban J connectivity index is 1.61. The van der Waals surface area contributed by atoms with Gasteiger partial charge in [-0.2, -0.15) is 5.10 Å². The zero-order valence-corrected chi connectivity index (χ0v) is 14.8. The van der Waals surface area contributed by atoms with Gasteiger partial charge in [-0.3, -0.25) is 25.7 Å². The van der Waals surface area contributed by atoms with Gasteiger partial charge < -0.3 is 5.11 Å². The van der Waals surface area contributed by atoms with Crippen molar-refractivity contribution in [3.63, 3.8) is 0 Å². The first-order valence-electron chi connectivity index (χ1n) is 9.27. The average molecular weight is 374 g/mol. The van der Waals surface area contributed by atoms with Crippen LogP contribution < -0.4 is 5.43 Å². The number of nitrogens with zero attached hydrogens (tertiary/aromatic N) is 3. The van der Waals surface area contributed by atoms with Crippen LogP contribution in [0, 0.1) is 43.4 Å². The van der Waals surface area contributed by atoms with Crippen molar-refractivity contribution in [2.24, 2.45) is 28.3 Å². The van der Waals surface area contributed by atoms with Crippen LogP contribution in [-0.2, 0) is 0 Å². The number of anilines is 1. The van der Waals surface area contributed by atoms with E-state index in [0.717, 1.165) is 25.3 Å². The molecule has 0 atom stereocenters. The van der Waals surface area contributed by atoms with Crippen LogP contribution in [0.4, 0.5) is 17.1 Å². The van der Waals surface area contributed by atoms with Crippen molar-refractivity contribution in [3.05, 3.63) is 38.4 Å². The molecule has 4 bridgehead atoms. The Hall–Kier alpha value is -2.55. The lowest BCUT2D eigenvalue weighted by Gasteiger charge is -2.56. The third-order valence-corrected chi connectivity index (χ3v) is 6.50. The highest BCUT2D eigenvalue weighted by atomic mass is 16.6. The number of non-ortho nitro benzene ring substituents is 1. The van der Waals surface area contributed by atoms with Crippen molar-refractivity contribution in [2.45, 2.75) is 38.5 Å². The lowest BCUT2D eigenvalue weighted by Crippen LogP contribution is -2.51. The number of benzene rings is 1. The third-order valence-electron chi connectivity index (χ3n) is 6.50. The van der Waals surface area contributed by atoms with E-state index in [4.69, 9.17) is 0 Å². The summed E-state index contributed by atoms with van der Waals surface area (Å²) in [7, 11) is 0. The maximum atomic E-state index is 11.3. The molecule has 1 aromatic rings. The molecule has 0 saturated heterocycles. The van der Waals surface area contributed by atoms with Gasteiger partial charge in [-0.15, -0.1) is 0 Å². The van der Waals surface area contributed by atoms with E-state index in [-0.39, 0.29) is 23.4 Å². The van der Waals surface area contributed by atoms with Gasteiger partial charge in [0.1, 0.15) is 5.69 Å². The van der Waals surface area contributed by atoms with Crippen molar-refractivity contribution in [2.75, 3.05) is 12.0 Å². The normalized spacial score (nSPS) is 31.7. The number of nitro benzene ring substituents is 2. The zero-order valence-electron chi connectivity index (χ0n) is 14.8. The Bertz CT molecular complexity index is 787. The molecule has 4 aliphatic carbocycles. The topological polar surface area (TPSA) is 131 Å². The van der Waals surface area contributed by atoms with Crippen LogP contribution in [0.1, 0.15) is 38.5 Å². The molecule has 0 aromatic heterocycles. The van der Waals surface area contributed by atoms with Crippen molar-refractivity contribution < 1.29 is 15.0 Å². The van der Waals surface area contributed by atoms with Gasteiger partial charge in [0.2, 0.25) is 0 Å². The predicted molar refractivity (Wildman–Crippen MR) is 98.5 cm³/mol. The van der Waals surface area contributed by atoms with E-state index in [9.17, 15) is 25.3 Å². The fourth-order valence-electron chi connectivity index (χ4n) is 5.79. The number of hydrazone groups is 1. The highest BCUT2D eigenvalue weighted by Gasteiger charge is 2.53. The molecular formula is C18H22N4O5. The van der Waals surface area contributed by atoms with Gasteiger partial charge in [0.15, 0.2) is 0 Å². The molecule has 5 rings (SSSR count). The van der Waals surface area contributed by atoms with Crippen molar-refractivity contribution in [1.29, 1.82) is 0 Å². The second kappa shape index (κ2) is 6.56. The summed E-state index contributed by atoms with van der Waals surface area (Å²) in [6.45, 7) is -0.195. The van der Waals surface area contributed by atoms with E-state index in [1.807, 2.05) is 0 Å². The molecule has 4 aliphatic rings. The minimum atomic E-state index is -0.672. The summed E-state index contributed by atoms with van der Waals surface area (Å²) in [4.78, 5) is 20.8. The maximum absolute atomic E-state index is 11.3. The minimum absolute atomic E-state index is 0.0845. The third kappa shape index (κ3) is 3.16. The van der Waals surface area contributed by atoms with Gasteiger partial charge in [-0.05, 0) is 62.3 Å². The molecule has 144 valence electrons. The molecule has 9 heteroatoms. The Morgan fingerprint density at radius 2 is 1.70 bits per heavy atom. The monoisotopic (exact) mass is 374 g/mol. The molecule has 0 heterocycles. The number of aliphatic hydroxyl groups is 1. The Kier molecular flexibility index (Phi) is 4.33. The Morgan fingerprint density at radius 1 is 1.11 bits per heavy atom. The van der Waals surface area contributed by atoms with Crippen LogP contribution in [0.3, 0.4) is 0 Å². The average Bonchev–Trinajstić information content (AvgIpc) is 2.60. The first-order chi connectivity index (χ1) is 12.9. The van der Waals surface area contributed by atoms with Gasteiger partial charge in [-0.1, -0.05) is 0 Å². The molecule has 4 fully saturated rings. The molecule has 0 radical (unpaired) electrons. The van der Waals surface area contributed by atoms with Crippen LogP contribution in [0.25, 0.3) is 0 Å². The van der Waals surface area contributed by atoms with E-state index >= 15 is 0 Å². The van der Waals surface area contributed by atoms with E-state index in [0.29, 0.717) is 23.5 Å². The molecule has 0 unspecified atom stereocenters. The second-order valence-corrected chi connectivity index (χ2v) is 8.24. The first kappa shape index (κ1) is 17.8. The predicted octanol–water partition coefficient (Wildman–Crippen LogP) is 3.48. The summed E-state index contributed by atoms with van der Waals surface area (Å²) < 4.78 is 0. The van der Waals surface area contributed by atoms with Crippen LogP contribution in [0.15, 0.2) is 23.3 Å². The van der Waals surface area contributed by atoms with Gasteiger partial charge >= 0.3 is 5.69 Å². The van der Waals surface area contributed by atoms with Crippen LogP contribution >= 0.6 is 0 Å². The smallest absolute Gasteiger partial charge is 0.301 e. The number of hydrogen-bond acceptors (Lipinski definition) is 7. The fourth-order valence-corrected chi connectivity index (χ4v) is 5.79. The van der Waals surface area contributed by atoms with Gasteiger partial charge in [-0.25, -0.2) is 0 Å². The summed E-state index contributed by atoms with van der Waals surface area (Å²) in [5.41, 5.74) is 2.56.